The molecule has 0 fully saturated rings. The normalized spacial score (nSPS) is 10.7. The van der Waals surface area contributed by atoms with Crippen molar-refractivity contribution in [3.63, 3.8) is 0 Å². The molecule has 0 spiro atoms. The van der Waals surface area contributed by atoms with Crippen LogP contribution >= 0.6 is 0 Å². The summed E-state index contributed by atoms with van der Waals surface area (Å²) >= 11 is 0. The average Bonchev–Trinajstić information content (AvgIpc) is 2.83. The summed E-state index contributed by atoms with van der Waals surface area (Å²) in [5.41, 5.74) is 0.105. The Morgan fingerprint density at radius 3 is 2.15 bits per heavy atom. The highest BCUT2D eigenvalue weighted by molar-refractivity contribution is 5.49. The molecule has 0 amide bonds. The maximum absolute atomic E-state index is 13.2. The van der Waals surface area contributed by atoms with Gasteiger partial charge in [-0.2, -0.15) is 0 Å². The Bertz CT molecular complexity index is 1340. The molecule has 4 aromatic rings. The molecule has 1 heterocycles. The van der Waals surface area contributed by atoms with Gasteiger partial charge in [0.15, 0.2) is 0 Å². The minimum atomic E-state index is -0.720. The van der Waals surface area contributed by atoms with E-state index in [0.29, 0.717) is 17.2 Å². The highest BCUT2D eigenvalue weighted by Crippen LogP contribution is 2.24. The number of aliphatic hydroxyl groups excluding tert-OH is 1. The van der Waals surface area contributed by atoms with Gasteiger partial charge in [-0.1, -0.05) is 42.5 Å². The van der Waals surface area contributed by atoms with Crippen molar-refractivity contribution >= 4 is 0 Å². The molecule has 0 aliphatic heterocycles. The van der Waals surface area contributed by atoms with Crippen molar-refractivity contribution in [3.8, 4) is 28.8 Å². The Hall–Kier alpha value is -4.30. The maximum Gasteiger partial charge on any atom is 0.343 e. The van der Waals surface area contributed by atoms with Gasteiger partial charge in [-0.3, -0.25) is 4.79 Å². The lowest BCUT2D eigenvalue weighted by Gasteiger charge is -2.16. The van der Waals surface area contributed by atoms with Crippen LogP contribution < -0.4 is 20.7 Å². The molecule has 0 unspecified atom stereocenters. The fourth-order valence-electron chi connectivity index (χ4n) is 3.34. The van der Waals surface area contributed by atoms with Gasteiger partial charge in [-0.25, -0.2) is 13.9 Å². The molecule has 1 aromatic heterocycles. The van der Waals surface area contributed by atoms with Gasteiger partial charge in [-0.05, 0) is 42.0 Å². The second-order valence-corrected chi connectivity index (χ2v) is 7.10. The minimum Gasteiger partial charge on any atom is -0.494 e. The number of hydrogen-bond donors (Lipinski definition) is 2. The van der Waals surface area contributed by atoms with E-state index in [-0.39, 0.29) is 25.5 Å². The molecular weight excluding hydrogens is 424 g/mol. The van der Waals surface area contributed by atoms with Crippen LogP contribution in [-0.4, -0.2) is 32.6 Å². The monoisotopic (exact) mass is 446 g/mol. The van der Waals surface area contributed by atoms with Crippen LogP contribution in [-0.2, 0) is 6.61 Å². The van der Waals surface area contributed by atoms with Crippen molar-refractivity contribution < 1.29 is 19.7 Å². The smallest absolute Gasteiger partial charge is 0.343 e. The fraction of sp³-hybridized carbons (Fsp3) is 0.120. The van der Waals surface area contributed by atoms with E-state index in [4.69, 9.17) is 14.6 Å². The fourth-order valence-corrected chi connectivity index (χ4v) is 3.34. The molecule has 0 aliphatic carbocycles. The number of hydrogen-bond acceptors (Lipinski definition) is 6. The molecule has 2 N–H and O–H groups in total. The quantitative estimate of drug-likeness (QED) is 0.404. The highest BCUT2D eigenvalue weighted by Gasteiger charge is 2.17. The van der Waals surface area contributed by atoms with Crippen LogP contribution in [0.1, 0.15) is 5.56 Å². The Morgan fingerprint density at radius 1 is 0.758 bits per heavy atom. The van der Waals surface area contributed by atoms with E-state index in [1.54, 1.807) is 78.9 Å². The van der Waals surface area contributed by atoms with Crippen LogP contribution in [0.25, 0.3) is 11.4 Å². The van der Waals surface area contributed by atoms with E-state index in [1.807, 2.05) is 0 Å². The maximum atomic E-state index is 13.2. The second-order valence-electron chi connectivity index (χ2n) is 7.10. The van der Waals surface area contributed by atoms with Crippen molar-refractivity contribution in [2.45, 2.75) is 6.61 Å². The van der Waals surface area contributed by atoms with Gasteiger partial charge in [0.1, 0.15) is 24.7 Å². The van der Waals surface area contributed by atoms with E-state index in [0.717, 1.165) is 20.8 Å². The summed E-state index contributed by atoms with van der Waals surface area (Å²) in [6.07, 6.45) is 0. The Morgan fingerprint density at radius 2 is 1.42 bits per heavy atom. The SMILES string of the molecule is O=c1cc(O)n(-c2ccccc2OCCOc2ccc(CO)cc2)c(=O)n1-c1ccccc1. The Labute approximate surface area is 189 Å². The molecule has 0 radical (unpaired) electrons. The molecule has 0 saturated carbocycles. The van der Waals surface area contributed by atoms with Crippen LogP contribution in [0, 0.1) is 0 Å². The van der Waals surface area contributed by atoms with Gasteiger partial charge in [-0.15, -0.1) is 0 Å². The number of nitrogens with zero attached hydrogens (tertiary/aromatic N) is 2. The zero-order valence-electron chi connectivity index (χ0n) is 17.6. The first kappa shape index (κ1) is 21.9. The number of benzene rings is 3. The summed E-state index contributed by atoms with van der Waals surface area (Å²) in [7, 11) is 0. The Balaban J connectivity index is 1.58. The third kappa shape index (κ3) is 4.81. The molecule has 0 bridgehead atoms. The van der Waals surface area contributed by atoms with Crippen molar-refractivity contribution in [1.82, 2.24) is 9.13 Å². The average molecular weight is 446 g/mol. The summed E-state index contributed by atoms with van der Waals surface area (Å²) in [5, 5.41) is 19.5. The first-order chi connectivity index (χ1) is 16.1. The highest BCUT2D eigenvalue weighted by atomic mass is 16.5. The van der Waals surface area contributed by atoms with Gasteiger partial charge in [0.2, 0.25) is 5.88 Å². The van der Waals surface area contributed by atoms with E-state index >= 15 is 0 Å². The van der Waals surface area contributed by atoms with Crippen LogP contribution in [0.4, 0.5) is 0 Å². The van der Waals surface area contributed by atoms with Crippen LogP contribution in [0.2, 0.25) is 0 Å². The predicted octanol–water partition coefficient (Wildman–Crippen LogP) is 2.64. The molecule has 33 heavy (non-hydrogen) atoms. The molecule has 168 valence electrons. The molecule has 8 heteroatoms. The van der Waals surface area contributed by atoms with Gasteiger partial charge < -0.3 is 19.7 Å². The topological polar surface area (TPSA) is 103 Å². The van der Waals surface area contributed by atoms with Crippen molar-refractivity contribution in [2.75, 3.05) is 13.2 Å². The van der Waals surface area contributed by atoms with E-state index in [1.165, 1.54) is 0 Å². The standard InChI is InChI=1S/C25H22N2O6/c28-17-18-10-12-20(13-11-18)32-14-15-33-22-9-5-4-8-21(22)27-24(30)16-23(29)26(25(27)31)19-6-2-1-3-7-19/h1-13,16,28,30H,14-15,17H2. The number of aliphatic hydroxyl groups is 1. The number of ether oxygens (including phenoxy) is 2. The lowest BCUT2D eigenvalue weighted by atomic mass is 10.2. The molecule has 8 nitrogen and oxygen atoms in total. The largest absolute Gasteiger partial charge is 0.494 e. The van der Waals surface area contributed by atoms with Crippen LogP contribution in [0.5, 0.6) is 17.4 Å². The van der Waals surface area contributed by atoms with Crippen LogP contribution in [0.15, 0.2) is 94.5 Å². The number of aromatic nitrogens is 2. The van der Waals surface area contributed by atoms with E-state index in [9.17, 15) is 14.7 Å². The van der Waals surface area contributed by atoms with Gasteiger partial charge in [0.05, 0.1) is 24.0 Å². The van der Waals surface area contributed by atoms with E-state index in [2.05, 4.69) is 0 Å². The number of aromatic hydroxyl groups is 1. The molecule has 0 aliphatic rings. The van der Waals surface area contributed by atoms with Crippen LogP contribution in [0.3, 0.4) is 0 Å². The summed E-state index contributed by atoms with van der Waals surface area (Å²) < 4.78 is 13.5. The minimum absolute atomic E-state index is 0.0377. The number of rotatable bonds is 8. The van der Waals surface area contributed by atoms with Crippen molar-refractivity contribution in [2.24, 2.45) is 0 Å². The molecule has 4 rings (SSSR count). The summed E-state index contributed by atoms with van der Waals surface area (Å²) in [4.78, 5) is 25.6. The van der Waals surface area contributed by atoms with Gasteiger partial charge in [0.25, 0.3) is 5.56 Å². The summed E-state index contributed by atoms with van der Waals surface area (Å²) in [6, 6.07) is 23.2. The van der Waals surface area contributed by atoms with Gasteiger partial charge in [0, 0.05) is 0 Å². The lowest BCUT2D eigenvalue weighted by Crippen LogP contribution is -2.37. The van der Waals surface area contributed by atoms with Gasteiger partial charge >= 0.3 is 5.69 Å². The summed E-state index contributed by atoms with van der Waals surface area (Å²) in [5.74, 6) is 0.480. The molecule has 0 atom stereocenters. The number of para-hydroxylation sites is 3. The predicted molar refractivity (Wildman–Crippen MR) is 123 cm³/mol. The second kappa shape index (κ2) is 9.88. The summed E-state index contributed by atoms with van der Waals surface area (Å²) in [6.45, 7) is 0.369. The third-order valence-corrected chi connectivity index (χ3v) is 4.92. The molecule has 0 saturated heterocycles. The Kier molecular flexibility index (Phi) is 6.56. The zero-order valence-corrected chi connectivity index (χ0v) is 17.6. The molecular formula is C25H22N2O6. The van der Waals surface area contributed by atoms with E-state index < -0.39 is 17.1 Å². The molecule has 3 aromatic carbocycles. The van der Waals surface area contributed by atoms with Crippen molar-refractivity contribution in [3.05, 3.63) is 111 Å². The first-order valence-electron chi connectivity index (χ1n) is 10.3. The zero-order chi connectivity index (χ0) is 23.2. The van der Waals surface area contributed by atoms with Crippen molar-refractivity contribution in [1.29, 1.82) is 0 Å². The third-order valence-electron chi connectivity index (χ3n) is 4.92. The first-order valence-corrected chi connectivity index (χ1v) is 10.3. The lowest BCUT2D eigenvalue weighted by molar-refractivity contribution is 0.216.